The molecule has 0 saturated carbocycles. The van der Waals surface area contributed by atoms with Crippen molar-refractivity contribution in [2.45, 2.75) is 56.8 Å². The average molecular weight is 211 g/mol. The van der Waals surface area contributed by atoms with Crippen LogP contribution in [0.5, 0.6) is 0 Å². The second-order valence-electron chi connectivity index (χ2n) is 5.67. The third kappa shape index (κ3) is 2.35. The van der Waals surface area contributed by atoms with Gasteiger partial charge in [-0.3, -0.25) is 4.90 Å². The quantitative estimate of drug-likeness (QED) is 0.752. The van der Waals surface area contributed by atoms with Crippen molar-refractivity contribution in [1.82, 2.24) is 9.80 Å². The molecule has 0 aromatic rings. The molecule has 0 spiro atoms. The Morgan fingerprint density at radius 3 is 2.27 bits per heavy atom. The number of piperidine rings is 1. The molecule has 0 amide bonds. The van der Waals surface area contributed by atoms with E-state index in [4.69, 9.17) is 5.73 Å². The lowest BCUT2D eigenvalue weighted by Crippen LogP contribution is -2.53. The smallest absolute Gasteiger partial charge is 0.0200 e. The van der Waals surface area contributed by atoms with Crippen LogP contribution < -0.4 is 5.73 Å². The molecule has 0 radical (unpaired) electrons. The minimum atomic E-state index is 0.463. The molecule has 3 unspecified atom stereocenters. The molecule has 2 aliphatic rings. The third-order valence-electron chi connectivity index (χ3n) is 3.96. The van der Waals surface area contributed by atoms with E-state index in [9.17, 15) is 0 Å². The van der Waals surface area contributed by atoms with Gasteiger partial charge in [0.1, 0.15) is 0 Å². The van der Waals surface area contributed by atoms with E-state index in [-0.39, 0.29) is 0 Å². The lowest BCUT2D eigenvalue weighted by Gasteiger charge is -2.42. The van der Waals surface area contributed by atoms with Gasteiger partial charge in [0, 0.05) is 30.7 Å². The first-order valence-electron chi connectivity index (χ1n) is 6.25. The number of likely N-dealkylation sites (N-methyl/N-ethyl adjacent to an activating group) is 1. The van der Waals surface area contributed by atoms with Crippen molar-refractivity contribution >= 4 is 0 Å². The number of fused-ring (bicyclic) bond motifs is 2. The van der Waals surface area contributed by atoms with Crippen LogP contribution in [0.2, 0.25) is 0 Å². The van der Waals surface area contributed by atoms with E-state index in [1.54, 1.807) is 0 Å². The Labute approximate surface area is 93.6 Å². The maximum Gasteiger partial charge on any atom is 0.0200 e. The second-order valence-corrected chi connectivity index (χ2v) is 5.67. The van der Waals surface area contributed by atoms with Gasteiger partial charge in [0.2, 0.25) is 0 Å². The summed E-state index contributed by atoms with van der Waals surface area (Å²) < 4.78 is 0. The average Bonchev–Trinajstić information content (AvgIpc) is 2.38. The van der Waals surface area contributed by atoms with Gasteiger partial charge in [-0.25, -0.2) is 0 Å². The highest BCUT2D eigenvalue weighted by Gasteiger charge is 2.41. The minimum absolute atomic E-state index is 0.463. The van der Waals surface area contributed by atoms with Crippen molar-refractivity contribution in [3.63, 3.8) is 0 Å². The standard InChI is InChI=1S/C12H25N3/c1-9(8-14(2)3)15-11-4-5-12(15)7-10(13)6-11/h9-12H,4-8,13H2,1-3H3. The van der Waals surface area contributed by atoms with Crippen LogP contribution in [0.1, 0.15) is 32.6 Å². The zero-order valence-electron chi connectivity index (χ0n) is 10.3. The fourth-order valence-electron chi connectivity index (χ4n) is 3.60. The molecule has 2 fully saturated rings. The monoisotopic (exact) mass is 211 g/mol. The summed E-state index contributed by atoms with van der Waals surface area (Å²) in [5, 5.41) is 0. The number of hydrogen-bond donors (Lipinski definition) is 1. The lowest BCUT2D eigenvalue weighted by atomic mass is 9.96. The summed E-state index contributed by atoms with van der Waals surface area (Å²) in [4.78, 5) is 5.03. The van der Waals surface area contributed by atoms with E-state index in [0.29, 0.717) is 12.1 Å². The van der Waals surface area contributed by atoms with Crippen LogP contribution in [0.15, 0.2) is 0 Å². The molecule has 15 heavy (non-hydrogen) atoms. The summed E-state index contributed by atoms with van der Waals surface area (Å²) in [7, 11) is 4.32. The van der Waals surface area contributed by atoms with Crippen molar-refractivity contribution in [3.8, 4) is 0 Å². The van der Waals surface area contributed by atoms with Gasteiger partial charge in [-0.15, -0.1) is 0 Å². The Hall–Kier alpha value is -0.120. The normalized spacial score (nSPS) is 38.6. The van der Waals surface area contributed by atoms with Gasteiger partial charge in [0.05, 0.1) is 0 Å². The molecular weight excluding hydrogens is 186 g/mol. The Morgan fingerprint density at radius 1 is 1.27 bits per heavy atom. The largest absolute Gasteiger partial charge is 0.328 e. The fraction of sp³-hybridized carbons (Fsp3) is 1.00. The Morgan fingerprint density at radius 2 is 1.80 bits per heavy atom. The SMILES string of the molecule is CC(CN(C)C)N1C2CCC1CC(N)C2. The predicted molar refractivity (Wildman–Crippen MR) is 63.9 cm³/mol. The van der Waals surface area contributed by atoms with Gasteiger partial charge in [-0.1, -0.05) is 0 Å². The second kappa shape index (κ2) is 4.40. The van der Waals surface area contributed by atoms with E-state index in [1.807, 2.05) is 0 Å². The van der Waals surface area contributed by atoms with Gasteiger partial charge in [0.25, 0.3) is 0 Å². The Balaban J connectivity index is 1.98. The topological polar surface area (TPSA) is 32.5 Å². The number of nitrogens with two attached hydrogens (primary N) is 1. The van der Waals surface area contributed by atoms with E-state index < -0.39 is 0 Å². The van der Waals surface area contributed by atoms with Gasteiger partial charge in [-0.2, -0.15) is 0 Å². The zero-order valence-corrected chi connectivity index (χ0v) is 10.3. The first kappa shape index (κ1) is 11.4. The van der Waals surface area contributed by atoms with Crippen LogP contribution in [-0.2, 0) is 0 Å². The molecule has 3 atom stereocenters. The summed E-state index contributed by atoms with van der Waals surface area (Å²) in [5.41, 5.74) is 6.08. The number of rotatable bonds is 3. The summed E-state index contributed by atoms with van der Waals surface area (Å²) in [6.45, 7) is 3.53. The van der Waals surface area contributed by atoms with Gasteiger partial charge < -0.3 is 10.6 Å². The van der Waals surface area contributed by atoms with Gasteiger partial charge in [-0.05, 0) is 46.7 Å². The molecule has 0 aliphatic carbocycles. The highest BCUT2D eigenvalue weighted by Crippen LogP contribution is 2.36. The molecule has 3 heteroatoms. The predicted octanol–water partition coefficient (Wildman–Crippen LogP) is 0.891. The van der Waals surface area contributed by atoms with E-state index >= 15 is 0 Å². The molecule has 2 heterocycles. The molecule has 2 bridgehead atoms. The maximum atomic E-state index is 6.08. The van der Waals surface area contributed by atoms with Gasteiger partial charge >= 0.3 is 0 Å². The molecule has 2 rings (SSSR count). The molecular formula is C12H25N3. The molecule has 0 aromatic heterocycles. The van der Waals surface area contributed by atoms with E-state index in [2.05, 4.69) is 30.8 Å². The highest BCUT2D eigenvalue weighted by molar-refractivity contribution is 4.98. The van der Waals surface area contributed by atoms with Crippen molar-refractivity contribution < 1.29 is 0 Å². The maximum absolute atomic E-state index is 6.08. The summed E-state index contributed by atoms with van der Waals surface area (Å²) in [6, 6.07) is 2.69. The van der Waals surface area contributed by atoms with Crippen LogP contribution in [-0.4, -0.2) is 54.6 Å². The van der Waals surface area contributed by atoms with Crippen molar-refractivity contribution in [3.05, 3.63) is 0 Å². The molecule has 3 nitrogen and oxygen atoms in total. The van der Waals surface area contributed by atoms with Crippen molar-refractivity contribution in [1.29, 1.82) is 0 Å². The van der Waals surface area contributed by atoms with Crippen LogP contribution in [0.3, 0.4) is 0 Å². The molecule has 0 aromatic carbocycles. The zero-order chi connectivity index (χ0) is 11.0. The van der Waals surface area contributed by atoms with Gasteiger partial charge in [0.15, 0.2) is 0 Å². The third-order valence-corrected chi connectivity index (χ3v) is 3.96. The summed E-state index contributed by atoms with van der Waals surface area (Å²) in [5.74, 6) is 0. The number of nitrogens with zero attached hydrogens (tertiary/aromatic N) is 2. The van der Waals surface area contributed by atoms with E-state index in [0.717, 1.165) is 12.1 Å². The molecule has 2 saturated heterocycles. The Kier molecular flexibility index (Phi) is 3.33. The first-order valence-corrected chi connectivity index (χ1v) is 6.25. The fourth-order valence-corrected chi connectivity index (χ4v) is 3.60. The molecule has 2 N–H and O–H groups in total. The van der Waals surface area contributed by atoms with Crippen molar-refractivity contribution in [2.24, 2.45) is 5.73 Å². The van der Waals surface area contributed by atoms with Crippen molar-refractivity contribution in [2.75, 3.05) is 20.6 Å². The summed E-state index contributed by atoms with van der Waals surface area (Å²) >= 11 is 0. The van der Waals surface area contributed by atoms with E-state index in [1.165, 1.54) is 32.2 Å². The Bertz CT molecular complexity index is 203. The van der Waals surface area contributed by atoms with Crippen LogP contribution in [0.25, 0.3) is 0 Å². The highest BCUT2D eigenvalue weighted by atomic mass is 15.3. The lowest BCUT2D eigenvalue weighted by molar-refractivity contribution is 0.0719. The van der Waals surface area contributed by atoms with Crippen LogP contribution in [0.4, 0.5) is 0 Å². The molecule has 88 valence electrons. The minimum Gasteiger partial charge on any atom is -0.328 e. The van der Waals surface area contributed by atoms with Crippen LogP contribution in [0, 0.1) is 0 Å². The first-order chi connectivity index (χ1) is 7.08. The molecule has 2 aliphatic heterocycles. The number of hydrogen-bond acceptors (Lipinski definition) is 3. The van der Waals surface area contributed by atoms with Crippen LogP contribution >= 0.6 is 0 Å². The summed E-state index contributed by atoms with van der Waals surface area (Å²) in [6.07, 6.45) is 5.18.